The SMILES string of the molecule is Cl.Fc1ccc(F)c([C@@H](C2CCCC2)N2CCNCC2)c1F. The molecule has 1 saturated carbocycles. The zero-order valence-electron chi connectivity index (χ0n) is 12.5. The first-order valence-electron chi connectivity index (χ1n) is 7.76. The van der Waals surface area contributed by atoms with Crippen LogP contribution in [0.5, 0.6) is 0 Å². The van der Waals surface area contributed by atoms with E-state index in [2.05, 4.69) is 10.2 Å². The summed E-state index contributed by atoms with van der Waals surface area (Å²) in [6.45, 7) is 3.11. The van der Waals surface area contributed by atoms with Crippen molar-refractivity contribution in [2.24, 2.45) is 5.92 Å². The molecule has 1 aliphatic heterocycles. The molecule has 1 heterocycles. The van der Waals surface area contributed by atoms with Crippen molar-refractivity contribution >= 4 is 12.4 Å². The maximum atomic E-state index is 14.3. The topological polar surface area (TPSA) is 15.3 Å². The van der Waals surface area contributed by atoms with Crippen LogP contribution in [0.25, 0.3) is 0 Å². The Bertz CT molecular complexity index is 500. The monoisotopic (exact) mass is 334 g/mol. The van der Waals surface area contributed by atoms with Gasteiger partial charge in [-0.15, -0.1) is 12.4 Å². The summed E-state index contributed by atoms with van der Waals surface area (Å²) in [5.41, 5.74) is -0.0659. The van der Waals surface area contributed by atoms with E-state index >= 15 is 0 Å². The van der Waals surface area contributed by atoms with Gasteiger partial charge in [0, 0.05) is 37.8 Å². The maximum absolute atomic E-state index is 14.3. The molecule has 0 radical (unpaired) electrons. The normalized spacial score (nSPS) is 21.6. The van der Waals surface area contributed by atoms with Gasteiger partial charge in [0.25, 0.3) is 0 Å². The summed E-state index contributed by atoms with van der Waals surface area (Å²) in [6, 6.07) is 1.58. The van der Waals surface area contributed by atoms with Gasteiger partial charge in [0.05, 0.1) is 0 Å². The molecule has 22 heavy (non-hydrogen) atoms. The molecule has 2 aliphatic rings. The Balaban J connectivity index is 0.00000176. The van der Waals surface area contributed by atoms with Crippen LogP contribution in [0, 0.1) is 23.4 Å². The van der Waals surface area contributed by atoms with Gasteiger partial charge in [-0.2, -0.15) is 0 Å². The van der Waals surface area contributed by atoms with E-state index in [0.717, 1.165) is 64.0 Å². The van der Waals surface area contributed by atoms with Crippen molar-refractivity contribution in [3.63, 3.8) is 0 Å². The smallest absolute Gasteiger partial charge is 0.166 e. The van der Waals surface area contributed by atoms with Crippen LogP contribution in [0.4, 0.5) is 13.2 Å². The number of benzene rings is 1. The standard InChI is InChI=1S/C16H21F3N2.ClH/c17-12-5-6-13(18)15(19)14(12)16(11-3-1-2-4-11)21-9-7-20-8-10-21;/h5-6,11,16,20H,1-4,7-10H2;1H/t16-;/m1./s1. The predicted octanol–water partition coefficient (Wildman–Crippen LogP) is 3.66. The summed E-state index contributed by atoms with van der Waals surface area (Å²) in [6.07, 6.45) is 4.10. The summed E-state index contributed by atoms with van der Waals surface area (Å²) in [5, 5.41) is 3.25. The molecule has 0 aromatic heterocycles. The van der Waals surface area contributed by atoms with Crippen LogP contribution in [-0.2, 0) is 0 Å². The lowest BCUT2D eigenvalue weighted by atomic mass is 9.89. The van der Waals surface area contributed by atoms with Crippen LogP contribution in [-0.4, -0.2) is 31.1 Å². The minimum absolute atomic E-state index is 0. The second-order valence-corrected chi connectivity index (χ2v) is 6.03. The first-order valence-corrected chi connectivity index (χ1v) is 7.76. The summed E-state index contributed by atoms with van der Waals surface area (Å²) in [4.78, 5) is 2.12. The minimum Gasteiger partial charge on any atom is -0.314 e. The quantitative estimate of drug-likeness (QED) is 0.849. The van der Waals surface area contributed by atoms with Gasteiger partial charge < -0.3 is 5.32 Å². The maximum Gasteiger partial charge on any atom is 0.166 e. The predicted molar refractivity (Wildman–Crippen MR) is 82.7 cm³/mol. The van der Waals surface area contributed by atoms with Crippen LogP contribution in [0.15, 0.2) is 12.1 Å². The van der Waals surface area contributed by atoms with Crippen LogP contribution in [0.3, 0.4) is 0 Å². The van der Waals surface area contributed by atoms with E-state index in [0.29, 0.717) is 0 Å². The molecule has 1 atom stereocenters. The molecule has 2 fully saturated rings. The van der Waals surface area contributed by atoms with Crippen LogP contribution in [0.2, 0.25) is 0 Å². The zero-order chi connectivity index (χ0) is 14.8. The lowest BCUT2D eigenvalue weighted by Crippen LogP contribution is -2.47. The molecule has 0 spiro atoms. The molecule has 3 rings (SSSR count). The van der Waals surface area contributed by atoms with Crippen molar-refractivity contribution in [3.05, 3.63) is 35.1 Å². The fourth-order valence-electron chi connectivity index (χ4n) is 3.76. The second-order valence-electron chi connectivity index (χ2n) is 6.03. The molecule has 1 aromatic rings. The van der Waals surface area contributed by atoms with Gasteiger partial charge >= 0.3 is 0 Å². The van der Waals surface area contributed by atoms with E-state index in [1.165, 1.54) is 0 Å². The molecule has 0 amide bonds. The van der Waals surface area contributed by atoms with Crippen LogP contribution < -0.4 is 5.32 Å². The molecule has 1 N–H and O–H groups in total. The van der Waals surface area contributed by atoms with Gasteiger partial charge in [-0.25, -0.2) is 13.2 Å². The van der Waals surface area contributed by atoms with E-state index in [9.17, 15) is 13.2 Å². The van der Waals surface area contributed by atoms with Crippen molar-refractivity contribution in [1.82, 2.24) is 10.2 Å². The van der Waals surface area contributed by atoms with Gasteiger partial charge in [0.1, 0.15) is 5.82 Å². The van der Waals surface area contributed by atoms with Gasteiger partial charge in [0.2, 0.25) is 0 Å². The lowest BCUT2D eigenvalue weighted by molar-refractivity contribution is 0.118. The van der Waals surface area contributed by atoms with Crippen LogP contribution >= 0.6 is 12.4 Å². The summed E-state index contributed by atoms with van der Waals surface area (Å²) in [7, 11) is 0. The molecular weight excluding hydrogens is 313 g/mol. The number of rotatable bonds is 3. The minimum atomic E-state index is -1.01. The third-order valence-electron chi connectivity index (χ3n) is 4.77. The number of hydrogen-bond donors (Lipinski definition) is 1. The summed E-state index contributed by atoms with van der Waals surface area (Å²) in [5.74, 6) is -2.37. The molecule has 1 aliphatic carbocycles. The van der Waals surface area contributed by atoms with Crippen molar-refractivity contribution in [1.29, 1.82) is 0 Å². The number of piperazine rings is 1. The van der Waals surface area contributed by atoms with E-state index in [-0.39, 0.29) is 29.9 Å². The van der Waals surface area contributed by atoms with Gasteiger partial charge in [0.15, 0.2) is 11.6 Å². The number of hydrogen-bond acceptors (Lipinski definition) is 2. The van der Waals surface area contributed by atoms with Gasteiger partial charge in [-0.3, -0.25) is 4.90 Å². The van der Waals surface area contributed by atoms with Crippen molar-refractivity contribution in [3.8, 4) is 0 Å². The highest BCUT2D eigenvalue weighted by atomic mass is 35.5. The third kappa shape index (κ3) is 3.42. The highest BCUT2D eigenvalue weighted by Gasteiger charge is 2.36. The lowest BCUT2D eigenvalue weighted by Gasteiger charge is -2.38. The molecule has 0 unspecified atom stereocenters. The van der Waals surface area contributed by atoms with Gasteiger partial charge in [-0.1, -0.05) is 12.8 Å². The largest absolute Gasteiger partial charge is 0.314 e. The highest BCUT2D eigenvalue weighted by molar-refractivity contribution is 5.85. The molecule has 124 valence electrons. The van der Waals surface area contributed by atoms with E-state index in [4.69, 9.17) is 0 Å². The Morgan fingerprint density at radius 2 is 1.59 bits per heavy atom. The first-order chi connectivity index (χ1) is 10.2. The van der Waals surface area contributed by atoms with Crippen molar-refractivity contribution in [2.45, 2.75) is 31.7 Å². The van der Waals surface area contributed by atoms with E-state index in [1.807, 2.05) is 0 Å². The number of nitrogens with zero attached hydrogens (tertiary/aromatic N) is 1. The fourth-order valence-corrected chi connectivity index (χ4v) is 3.76. The highest BCUT2D eigenvalue weighted by Crippen LogP contribution is 2.41. The Morgan fingerprint density at radius 1 is 1.00 bits per heavy atom. The molecular formula is C16H22ClF3N2. The molecule has 6 heteroatoms. The molecule has 1 aromatic carbocycles. The van der Waals surface area contributed by atoms with E-state index < -0.39 is 17.5 Å². The Labute approximate surface area is 135 Å². The summed E-state index contributed by atoms with van der Waals surface area (Å²) < 4.78 is 42.1. The number of halogens is 4. The Hall–Kier alpha value is -0.780. The average Bonchev–Trinajstić information content (AvgIpc) is 3.02. The zero-order valence-corrected chi connectivity index (χ0v) is 13.3. The molecule has 0 bridgehead atoms. The second kappa shape index (κ2) is 7.66. The average molecular weight is 335 g/mol. The van der Waals surface area contributed by atoms with Crippen molar-refractivity contribution < 1.29 is 13.2 Å². The first kappa shape index (κ1) is 17.6. The van der Waals surface area contributed by atoms with Crippen LogP contribution in [0.1, 0.15) is 37.3 Å². The van der Waals surface area contributed by atoms with Crippen molar-refractivity contribution in [2.75, 3.05) is 26.2 Å². The number of nitrogens with one attached hydrogen (secondary N) is 1. The Kier molecular flexibility index (Phi) is 6.12. The third-order valence-corrected chi connectivity index (χ3v) is 4.77. The summed E-state index contributed by atoms with van der Waals surface area (Å²) >= 11 is 0. The van der Waals surface area contributed by atoms with E-state index in [1.54, 1.807) is 0 Å². The van der Waals surface area contributed by atoms with Gasteiger partial charge in [-0.05, 0) is 30.9 Å². The molecule has 1 saturated heterocycles. The fraction of sp³-hybridized carbons (Fsp3) is 0.625. The molecule has 2 nitrogen and oxygen atoms in total. The Morgan fingerprint density at radius 3 is 2.23 bits per heavy atom.